The average Bonchev–Trinajstić information content (AvgIpc) is 2.89. The van der Waals surface area contributed by atoms with Gasteiger partial charge in [0.05, 0.1) is 0 Å². The molecule has 2 heterocycles. The number of amides is 1. The highest BCUT2D eigenvalue weighted by Gasteiger charge is 2.15. The Morgan fingerprint density at radius 3 is 2.51 bits per heavy atom. The van der Waals surface area contributed by atoms with Crippen LogP contribution in [0.1, 0.15) is 39.5 Å². The molecule has 0 unspecified atom stereocenters. The molecule has 35 heavy (non-hydrogen) atoms. The Morgan fingerprint density at radius 2 is 1.80 bits per heavy atom. The normalized spacial score (nSPS) is 10.8. The van der Waals surface area contributed by atoms with Gasteiger partial charge in [0.2, 0.25) is 0 Å². The van der Waals surface area contributed by atoms with Crippen molar-refractivity contribution in [3.63, 3.8) is 0 Å². The van der Waals surface area contributed by atoms with Crippen LogP contribution in [0.2, 0.25) is 0 Å². The van der Waals surface area contributed by atoms with E-state index in [0.29, 0.717) is 35.0 Å². The van der Waals surface area contributed by atoms with E-state index < -0.39 is 0 Å². The number of aryl methyl sites for hydroxylation is 1. The molecule has 0 fully saturated rings. The van der Waals surface area contributed by atoms with Gasteiger partial charge in [0, 0.05) is 61.2 Å². The fourth-order valence-electron chi connectivity index (χ4n) is 3.51. The molecule has 0 bridgehead atoms. The van der Waals surface area contributed by atoms with Gasteiger partial charge in [0.25, 0.3) is 11.5 Å². The molecule has 0 saturated carbocycles. The maximum Gasteiger partial charge on any atom is 0.277 e. The number of benzene rings is 2. The fraction of sp³-hybridized carbons (Fsp3) is 0.222. The number of aromatic nitrogens is 4. The lowest BCUT2D eigenvalue weighted by Crippen LogP contribution is -2.26. The van der Waals surface area contributed by atoms with E-state index in [2.05, 4.69) is 46.1 Å². The van der Waals surface area contributed by atoms with Gasteiger partial charge in [-0.15, -0.1) is 0 Å². The molecule has 7 nitrogen and oxygen atoms in total. The Morgan fingerprint density at radius 1 is 1.06 bits per heavy atom. The SMILES string of the molecule is CCN(C)C(=O)c1cccc(-n2cc(Cc3cncnc3)c(=O)nc2SCc2ccc(C)cc2)c1. The zero-order chi connectivity index (χ0) is 24.8. The second kappa shape index (κ2) is 11.1. The van der Waals surface area contributed by atoms with Gasteiger partial charge >= 0.3 is 0 Å². The van der Waals surface area contributed by atoms with Crippen LogP contribution in [0.15, 0.2) is 83.4 Å². The first-order valence-corrected chi connectivity index (χ1v) is 12.3. The topological polar surface area (TPSA) is 81.0 Å². The highest BCUT2D eigenvalue weighted by atomic mass is 32.2. The number of nitrogens with zero attached hydrogens (tertiary/aromatic N) is 5. The molecule has 8 heteroatoms. The second-order valence-corrected chi connectivity index (χ2v) is 9.23. The first-order valence-electron chi connectivity index (χ1n) is 11.4. The van der Waals surface area contributed by atoms with E-state index in [9.17, 15) is 9.59 Å². The predicted octanol–water partition coefficient (Wildman–Crippen LogP) is 4.31. The summed E-state index contributed by atoms with van der Waals surface area (Å²) in [4.78, 5) is 39.9. The third-order valence-electron chi connectivity index (χ3n) is 5.65. The number of hydrogen-bond acceptors (Lipinski definition) is 6. The summed E-state index contributed by atoms with van der Waals surface area (Å²) in [7, 11) is 1.78. The lowest BCUT2D eigenvalue weighted by molar-refractivity contribution is 0.0802. The van der Waals surface area contributed by atoms with Crippen LogP contribution in [0.4, 0.5) is 0 Å². The van der Waals surface area contributed by atoms with Gasteiger partial charge in [-0.25, -0.2) is 9.97 Å². The van der Waals surface area contributed by atoms with Crippen LogP contribution in [0.25, 0.3) is 5.69 Å². The summed E-state index contributed by atoms with van der Waals surface area (Å²) in [6, 6.07) is 15.7. The summed E-state index contributed by atoms with van der Waals surface area (Å²) in [6.07, 6.45) is 7.02. The Bertz CT molecular complexity index is 1370. The molecule has 2 aromatic heterocycles. The van der Waals surface area contributed by atoms with E-state index in [0.717, 1.165) is 16.8 Å². The van der Waals surface area contributed by atoms with E-state index in [1.165, 1.54) is 23.7 Å². The number of carbonyl (C=O) groups is 1. The molecule has 4 rings (SSSR count). The smallest absolute Gasteiger partial charge is 0.277 e. The van der Waals surface area contributed by atoms with Crippen molar-refractivity contribution in [1.82, 2.24) is 24.4 Å². The zero-order valence-electron chi connectivity index (χ0n) is 20.0. The number of rotatable bonds is 8. The molecule has 0 saturated heterocycles. The van der Waals surface area contributed by atoms with Crippen LogP contribution in [-0.2, 0) is 12.2 Å². The van der Waals surface area contributed by atoms with E-state index in [1.54, 1.807) is 30.4 Å². The Kier molecular flexibility index (Phi) is 7.72. The van der Waals surface area contributed by atoms with Crippen molar-refractivity contribution in [3.05, 3.63) is 112 Å². The largest absolute Gasteiger partial charge is 0.342 e. The molecule has 4 aromatic rings. The fourth-order valence-corrected chi connectivity index (χ4v) is 4.45. The monoisotopic (exact) mass is 485 g/mol. The highest BCUT2D eigenvalue weighted by Crippen LogP contribution is 2.25. The van der Waals surface area contributed by atoms with Crippen molar-refractivity contribution in [2.75, 3.05) is 13.6 Å². The van der Waals surface area contributed by atoms with Gasteiger partial charge in [-0.1, -0.05) is 47.7 Å². The standard InChI is InChI=1S/C27H27N5O2S/c1-4-31(3)26(34)22-6-5-7-24(13-22)32-16-23(12-21-14-28-18-29-15-21)25(33)30-27(32)35-17-20-10-8-19(2)9-11-20/h5-11,13-16,18H,4,12,17H2,1-3H3. The molecule has 0 spiro atoms. The maximum atomic E-state index is 12.9. The molecule has 0 atom stereocenters. The molecule has 0 N–H and O–H groups in total. The number of hydrogen-bond donors (Lipinski definition) is 0. The van der Waals surface area contributed by atoms with Gasteiger partial charge in [-0.3, -0.25) is 14.2 Å². The zero-order valence-corrected chi connectivity index (χ0v) is 20.8. The predicted molar refractivity (Wildman–Crippen MR) is 138 cm³/mol. The summed E-state index contributed by atoms with van der Waals surface area (Å²) >= 11 is 1.49. The van der Waals surface area contributed by atoms with Crippen molar-refractivity contribution in [1.29, 1.82) is 0 Å². The third-order valence-corrected chi connectivity index (χ3v) is 6.68. The Hall–Kier alpha value is -3.78. The van der Waals surface area contributed by atoms with Gasteiger partial charge in [-0.2, -0.15) is 4.98 Å². The van der Waals surface area contributed by atoms with Gasteiger partial charge in [0.15, 0.2) is 5.16 Å². The minimum atomic E-state index is -0.283. The van der Waals surface area contributed by atoms with E-state index in [1.807, 2.05) is 35.9 Å². The first kappa shape index (κ1) is 24.3. The van der Waals surface area contributed by atoms with Crippen molar-refractivity contribution in [3.8, 4) is 5.69 Å². The molecular formula is C27H27N5O2S. The van der Waals surface area contributed by atoms with Crippen molar-refractivity contribution in [2.24, 2.45) is 0 Å². The van der Waals surface area contributed by atoms with E-state index >= 15 is 0 Å². The molecule has 0 aliphatic heterocycles. The van der Waals surface area contributed by atoms with Gasteiger partial charge in [0.1, 0.15) is 6.33 Å². The van der Waals surface area contributed by atoms with Crippen LogP contribution >= 0.6 is 11.8 Å². The summed E-state index contributed by atoms with van der Waals surface area (Å²) < 4.78 is 1.89. The number of thioether (sulfide) groups is 1. The molecular weight excluding hydrogens is 458 g/mol. The Balaban J connectivity index is 1.74. The van der Waals surface area contributed by atoms with Crippen molar-refractivity contribution >= 4 is 17.7 Å². The molecule has 1 amide bonds. The van der Waals surface area contributed by atoms with Crippen LogP contribution in [0.3, 0.4) is 0 Å². The van der Waals surface area contributed by atoms with Crippen LogP contribution in [0.5, 0.6) is 0 Å². The van der Waals surface area contributed by atoms with Crippen molar-refractivity contribution in [2.45, 2.75) is 31.2 Å². The van der Waals surface area contributed by atoms with Gasteiger partial charge < -0.3 is 4.90 Å². The second-order valence-electron chi connectivity index (χ2n) is 8.29. The minimum Gasteiger partial charge on any atom is -0.342 e. The summed E-state index contributed by atoms with van der Waals surface area (Å²) in [5.74, 6) is 0.606. The lowest BCUT2D eigenvalue weighted by Gasteiger charge is -2.17. The quantitative estimate of drug-likeness (QED) is 0.273. The lowest BCUT2D eigenvalue weighted by atomic mass is 10.1. The molecule has 0 aliphatic carbocycles. The first-order chi connectivity index (χ1) is 16.9. The summed E-state index contributed by atoms with van der Waals surface area (Å²) in [5.41, 5.74) is 4.76. The highest BCUT2D eigenvalue weighted by molar-refractivity contribution is 7.98. The summed E-state index contributed by atoms with van der Waals surface area (Å²) in [5, 5.41) is 0.567. The maximum absolute atomic E-state index is 12.9. The third kappa shape index (κ3) is 6.02. The average molecular weight is 486 g/mol. The molecule has 2 aromatic carbocycles. The molecule has 0 radical (unpaired) electrons. The van der Waals surface area contributed by atoms with Crippen LogP contribution in [0, 0.1) is 6.92 Å². The Labute approximate surface area is 208 Å². The van der Waals surface area contributed by atoms with Crippen molar-refractivity contribution < 1.29 is 4.79 Å². The van der Waals surface area contributed by atoms with E-state index in [-0.39, 0.29) is 11.5 Å². The van der Waals surface area contributed by atoms with Crippen LogP contribution < -0.4 is 5.56 Å². The van der Waals surface area contributed by atoms with Crippen LogP contribution in [-0.4, -0.2) is 43.9 Å². The van der Waals surface area contributed by atoms with Gasteiger partial charge in [-0.05, 0) is 43.2 Å². The minimum absolute atomic E-state index is 0.0566. The number of carbonyl (C=O) groups excluding carboxylic acids is 1. The van der Waals surface area contributed by atoms with E-state index in [4.69, 9.17) is 0 Å². The summed E-state index contributed by atoms with van der Waals surface area (Å²) in [6.45, 7) is 4.60. The molecule has 0 aliphatic rings. The molecule has 178 valence electrons.